The van der Waals surface area contributed by atoms with Crippen LogP contribution in [-0.2, 0) is 6.54 Å². The first-order valence-corrected chi connectivity index (χ1v) is 15.3. The summed E-state index contributed by atoms with van der Waals surface area (Å²) in [4.78, 5) is 3.69. The van der Waals surface area contributed by atoms with E-state index in [1.807, 2.05) is 29.1 Å². The lowest BCUT2D eigenvalue weighted by atomic mass is 9.95. The highest BCUT2D eigenvalue weighted by Crippen LogP contribution is 2.42. The summed E-state index contributed by atoms with van der Waals surface area (Å²) in [7, 11) is 0. The van der Waals surface area contributed by atoms with Crippen LogP contribution in [0.5, 0.6) is 0 Å². The first-order chi connectivity index (χ1) is 16.5. The van der Waals surface area contributed by atoms with E-state index in [4.69, 9.17) is 10.2 Å². The van der Waals surface area contributed by atoms with Gasteiger partial charge in [-0.3, -0.25) is 0 Å². The number of benzene rings is 1. The van der Waals surface area contributed by atoms with Crippen molar-refractivity contribution in [1.29, 1.82) is 0 Å². The fourth-order valence-electron chi connectivity index (χ4n) is 4.40. The topological polar surface area (TPSA) is 30.7 Å². The minimum Gasteiger partial charge on any atom is -0.206 e. The zero-order valence-electron chi connectivity index (χ0n) is 19.6. The molecule has 0 aliphatic carbocycles. The zero-order valence-corrected chi connectivity index (χ0v) is 24.4. The predicted molar refractivity (Wildman–Crippen MR) is 151 cm³/mol. The van der Waals surface area contributed by atoms with Crippen LogP contribution in [0, 0.1) is 11.7 Å². The molecular formula is C26H30Br2FN3S2. The number of nitrogens with zero attached hydrogens (tertiary/aromatic N) is 3. The molecule has 3 nitrogen and oxygen atoms in total. The van der Waals surface area contributed by atoms with E-state index in [1.165, 1.54) is 62.7 Å². The highest BCUT2D eigenvalue weighted by atomic mass is 79.9. The van der Waals surface area contributed by atoms with Gasteiger partial charge in [0.15, 0.2) is 0 Å². The van der Waals surface area contributed by atoms with Gasteiger partial charge in [0, 0.05) is 15.3 Å². The molecule has 0 aliphatic heterocycles. The second kappa shape index (κ2) is 12.2. The Morgan fingerprint density at radius 1 is 0.853 bits per heavy atom. The summed E-state index contributed by atoms with van der Waals surface area (Å²) in [6, 6.07) is 9.54. The Bertz CT molecular complexity index is 1230. The average Bonchev–Trinajstić information content (AvgIpc) is 3.54. The molecule has 0 bridgehead atoms. The fraction of sp³-hybridized carbons (Fsp3) is 0.462. The van der Waals surface area contributed by atoms with Gasteiger partial charge in [-0.25, -0.2) is 4.39 Å². The SMILES string of the molecule is CCCCCCC(CCCC)Cn1nc2c(-c3ccc(Br)s3)cc(F)c(-c3ccc(Br)s3)c2n1. The highest BCUT2D eigenvalue weighted by molar-refractivity contribution is 9.11. The molecular weight excluding hydrogens is 597 g/mol. The average molecular weight is 627 g/mol. The van der Waals surface area contributed by atoms with Gasteiger partial charge in [0.2, 0.25) is 0 Å². The van der Waals surface area contributed by atoms with E-state index in [0.29, 0.717) is 17.0 Å². The van der Waals surface area contributed by atoms with Crippen LogP contribution >= 0.6 is 54.5 Å². The lowest BCUT2D eigenvalue weighted by Crippen LogP contribution is -2.13. The van der Waals surface area contributed by atoms with Crippen LogP contribution in [0.4, 0.5) is 4.39 Å². The lowest BCUT2D eigenvalue weighted by molar-refractivity contribution is 0.330. The minimum atomic E-state index is -0.254. The van der Waals surface area contributed by atoms with Gasteiger partial charge in [0.05, 0.1) is 19.7 Å². The number of thiophene rings is 2. The third-order valence-corrected chi connectivity index (χ3v) is 9.47. The molecule has 8 heteroatoms. The summed E-state index contributed by atoms with van der Waals surface area (Å²) in [6.45, 7) is 5.28. The molecule has 0 radical (unpaired) electrons. The predicted octanol–water partition coefficient (Wildman–Crippen LogP) is 10.3. The number of rotatable bonds is 12. The number of halogens is 3. The second-order valence-electron chi connectivity index (χ2n) is 8.80. The third-order valence-electron chi connectivity index (χ3n) is 6.17. The van der Waals surface area contributed by atoms with Crippen LogP contribution in [0.15, 0.2) is 37.9 Å². The van der Waals surface area contributed by atoms with Crippen molar-refractivity contribution in [2.75, 3.05) is 0 Å². The second-order valence-corrected chi connectivity index (χ2v) is 13.7. The molecule has 3 heterocycles. The smallest absolute Gasteiger partial charge is 0.134 e. The summed E-state index contributed by atoms with van der Waals surface area (Å²) in [5, 5.41) is 9.84. The Morgan fingerprint density at radius 2 is 1.50 bits per heavy atom. The Morgan fingerprint density at radius 3 is 2.15 bits per heavy atom. The highest BCUT2D eigenvalue weighted by Gasteiger charge is 2.22. The van der Waals surface area contributed by atoms with Crippen molar-refractivity contribution in [2.24, 2.45) is 5.92 Å². The lowest BCUT2D eigenvalue weighted by Gasteiger charge is -2.15. The Labute approximate surface area is 226 Å². The molecule has 0 saturated carbocycles. The van der Waals surface area contributed by atoms with Gasteiger partial charge in [-0.05, 0) is 81.0 Å². The molecule has 0 aliphatic rings. The molecule has 0 saturated heterocycles. The normalized spacial score (nSPS) is 12.6. The molecule has 1 aromatic carbocycles. The van der Waals surface area contributed by atoms with Crippen molar-refractivity contribution in [3.05, 3.63) is 43.7 Å². The molecule has 0 N–H and O–H groups in total. The number of fused-ring (bicyclic) bond motifs is 1. The van der Waals surface area contributed by atoms with Crippen molar-refractivity contribution in [2.45, 2.75) is 71.8 Å². The summed E-state index contributed by atoms with van der Waals surface area (Å²) >= 11 is 10.2. The maximum atomic E-state index is 15.6. The maximum Gasteiger partial charge on any atom is 0.134 e. The molecule has 182 valence electrons. The van der Waals surface area contributed by atoms with E-state index >= 15 is 4.39 Å². The van der Waals surface area contributed by atoms with Gasteiger partial charge in [-0.15, -0.1) is 22.7 Å². The van der Waals surface area contributed by atoms with E-state index in [-0.39, 0.29) is 5.82 Å². The molecule has 4 aromatic rings. The molecule has 34 heavy (non-hydrogen) atoms. The van der Waals surface area contributed by atoms with E-state index in [0.717, 1.165) is 35.0 Å². The van der Waals surface area contributed by atoms with Crippen LogP contribution in [-0.4, -0.2) is 15.0 Å². The van der Waals surface area contributed by atoms with Gasteiger partial charge in [0.1, 0.15) is 16.9 Å². The van der Waals surface area contributed by atoms with Crippen LogP contribution in [0.25, 0.3) is 31.9 Å². The maximum absolute atomic E-state index is 15.6. The van der Waals surface area contributed by atoms with Crippen LogP contribution in [0.1, 0.15) is 65.2 Å². The van der Waals surface area contributed by atoms with Gasteiger partial charge in [-0.2, -0.15) is 15.0 Å². The van der Waals surface area contributed by atoms with Crippen molar-refractivity contribution in [3.8, 4) is 20.9 Å². The first-order valence-electron chi connectivity index (χ1n) is 12.1. The first kappa shape index (κ1) is 26.0. The van der Waals surface area contributed by atoms with E-state index in [9.17, 15) is 0 Å². The number of unbranched alkanes of at least 4 members (excludes halogenated alkanes) is 4. The van der Waals surface area contributed by atoms with Gasteiger partial charge in [-0.1, -0.05) is 52.4 Å². The van der Waals surface area contributed by atoms with E-state index in [1.54, 1.807) is 17.4 Å². The largest absolute Gasteiger partial charge is 0.206 e. The van der Waals surface area contributed by atoms with Crippen LogP contribution in [0.2, 0.25) is 0 Å². The molecule has 1 unspecified atom stereocenters. The molecule has 3 aromatic heterocycles. The molecule has 1 atom stereocenters. The van der Waals surface area contributed by atoms with Crippen molar-refractivity contribution < 1.29 is 4.39 Å². The summed E-state index contributed by atoms with van der Waals surface area (Å²) in [5.41, 5.74) is 2.77. The van der Waals surface area contributed by atoms with Gasteiger partial charge < -0.3 is 0 Å². The van der Waals surface area contributed by atoms with Crippen molar-refractivity contribution in [3.63, 3.8) is 0 Å². The minimum absolute atomic E-state index is 0.254. The fourth-order valence-corrected chi connectivity index (χ4v) is 7.24. The molecule has 0 spiro atoms. The summed E-state index contributed by atoms with van der Waals surface area (Å²) in [5.74, 6) is 0.289. The van der Waals surface area contributed by atoms with E-state index < -0.39 is 0 Å². The van der Waals surface area contributed by atoms with Crippen molar-refractivity contribution in [1.82, 2.24) is 15.0 Å². The molecule has 0 fully saturated rings. The Hall–Kier alpha value is -1.09. The molecule has 4 rings (SSSR count). The Kier molecular flexibility index (Phi) is 9.35. The molecule has 0 amide bonds. The zero-order chi connectivity index (χ0) is 24.1. The van der Waals surface area contributed by atoms with Gasteiger partial charge in [0.25, 0.3) is 0 Å². The van der Waals surface area contributed by atoms with Crippen LogP contribution < -0.4 is 0 Å². The standard InChI is InChI=1S/C26H30Br2FN3S2/c1-3-5-7-8-10-17(9-6-4-2)16-32-30-25-18(20-11-13-22(27)33-20)15-19(29)24(26(25)31-32)21-12-14-23(28)34-21/h11-15,17H,3-10,16H2,1-2H3. The van der Waals surface area contributed by atoms with Crippen molar-refractivity contribution >= 4 is 65.6 Å². The number of hydrogen-bond acceptors (Lipinski definition) is 4. The summed E-state index contributed by atoms with van der Waals surface area (Å²) in [6.07, 6.45) is 9.88. The van der Waals surface area contributed by atoms with E-state index in [2.05, 4.69) is 45.7 Å². The monoisotopic (exact) mass is 625 g/mol. The van der Waals surface area contributed by atoms with Crippen LogP contribution in [0.3, 0.4) is 0 Å². The quantitative estimate of drug-likeness (QED) is 0.146. The number of hydrogen-bond donors (Lipinski definition) is 0. The number of aromatic nitrogens is 3. The third kappa shape index (κ3) is 6.18. The van der Waals surface area contributed by atoms with Gasteiger partial charge >= 0.3 is 0 Å². The Balaban J connectivity index is 1.74. The summed E-state index contributed by atoms with van der Waals surface area (Å²) < 4.78 is 17.5.